The smallest absolute Gasteiger partial charge is 0.322 e. The molecule has 0 bridgehead atoms. The van der Waals surface area contributed by atoms with Gasteiger partial charge in [-0.15, -0.1) is 0 Å². The van der Waals surface area contributed by atoms with Crippen molar-refractivity contribution in [3.8, 4) is 5.75 Å². The summed E-state index contributed by atoms with van der Waals surface area (Å²) >= 11 is 0. The zero-order chi connectivity index (χ0) is 19.3. The summed E-state index contributed by atoms with van der Waals surface area (Å²) in [5.74, 6) is 0.916. The van der Waals surface area contributed by atoms with Crippen LogP contribution in [0.25, 0.3) is 0 Å². The molecule has 0 saturated heterocycles. The Morgan fingerprint density at radius 3 is 2.71 bits per heavy atom. The van der Waals surface area contributed by atoms with Gasteiger partial charge in [0.2, 0.25) is 5.91 Å². The maximum atomic E-state index is 12.6. The largest absolute Gasteiger partial charge is 0.491 e. The highest BCUT2D eigenvalue weighted by Gasteiger charge is 2.23. The quantitative estimate of drug-likeness (QED) is 0.837. The fraction of sp³-hybridized carbons (Fsp3) is 0.364. The predicted octanol–water partition coefficient (Wildman–Crippen LogP) is 3.32. The minimum Gasteiger partial charge on any atom is -0.491 e. The standard InChI is InChI=1S/C22H25N3O3/c26-21(23-19-8-9-19)11-7-16-6-10-20-17(14-16)15-25(12-13-28-20)22(27)24-18-4-2-1-3-5-18/h1-6,10,14,19H,7-9,11-13,15H2,(H,23,26)(H,24,27). The fourth-order valence-electron chi connectivity index (χ4n) is 3.29. The first-order valence-electron chi connectivity index (χ1n) is 9.82. The number of para-hydroxylation sites is 1. The van der Waals surface area contributed by atoms with Gasteiger partial charge in [0, 0.05) is 23.7 Å². The van der Waals surface area contributed by atoms with Crippen LogP contribution in [0.5, 0.6) is 5.75 Å². The molecule has 1 fully saturated rings. The van der Waals surface area contributed by atoms with Gasteiger partial charge in [-0.1, -0.05) is 30.3 Å². The van der Waals surface area contributed by atoms with Crippen LogP contribution in [0.2, 0.25) is 0 Å². The minimum atomic E-state index is -0.142. The molecular formula is C22H25N3O3. The van der Waals surface area contributed by atoms with E-state index in [1.54, 1.807) is 4.90 Å². The van der Waals surface area contributed by atoms with Crippen molar-refractivity contribution in [3.05, 3.63) is 59.7 Å². The number of nitrogens with zero attached hydrogens (tertiary/aromatic N) is 1. The van der Waals surface area contributed by atoms with Gasteiger partial charge < -0.3 is 20.3 Å². The SMILES string of the molecule is O=C(CCc1ccc2c(c1)CN(C(=O)Nc1ccccc1)CCO2)NC1CC1. The lowest BCUT2D eigenvalue weighted by Crippen LogP contribution is -2.36. The minimum absolute atomic E-state index is 0.109. The zero-order valence-corrected chi connectivity index (χ0v) is 15.8. The third kappa shape index (κ3) is 4.82. The Kier molecular flexibility index (Phi) is 5.46. The highest BCUT2D eigenvalue weighted by atomic mass is 16.5. The molecule has 6 nitrogen and oxygen atoms in total. The molecule has 2 aromatic carbocycles. The number of carbonyl (C=O) groups is 2. The average Bonchev–Trinajstić information content (AvgIpc) is 3.53. The Balaban J connectivity index is 1.39. The monoisotopic (exact) mass is 379 g/mol. The van der Waals surface area contributed by atoms with Gasteiger partial charge in [0.25, 0.3) is 0 Å². The number of aryl methyl sites for hydroxylation is 1. The third-order valence-electron chi connectivity index (χ3n) is 5.00. The normalized spacial score (nSPS) is 15.8. The van der Waals surface area contributed by atoms with Gasteiger partial charge in [0.05, 0.1) is 13.1 Å². The Bertz CT molecular complexity index is 849. The second-order valence-electron chi connectivity index (χ2n) is 7.35. The van der Waals surface area contributed by atoms with Crippen LogP contribution in [0.3, 0.4) is 0 Å². The molecule has 2 N–H and O–H groups in total. The number of fused-ring (bicyclic) bond motifs is 1. The summed E-state index contributed by atoms with van der Waals surface area (Å²) in [6.45, 7) is 1.46. The van der Waals surface area contributed by atoms with Crippen LogP contribution >= 0.6 is 0 Å². The van der Waals surface area contributed by atoms with E-state index in [-0.39, 0.29) is 11.9 Å². The molecule has 0 unspecified atom stereocenters. The topological polar surface area (TPSA) is 70.7 Å². The third-order valence-corrected chi connectivity index (χ3v) is 5.00. The lowest BCUT2D eigenvalue weighted by atomic mass is 10.0. The van der Waals surface area contributed by atoms with Crippen molar-refractivity contribution in [1.29, 1.82) is 0 Å². The van der Waals surface area contributed by atoms with Crippen molar-refractivity contribution in [2.75, 3.05) is 18.5 Å². The summed E-state index contributed by atoms with van der Waals surface area (Å²) in [6.07, 6.45) is 3.36. The van der Waals surface area contributed by atoms with Gasteiger partial charge in [-0.05, 0) is 43.0 Å². The van der Waals surface area contributed by atoms with E-state index in [0.717, 1.165) is 35.4 Å². The molecule has 146 valence electrons. The highest BCUT2D eigenvalue weighted by Crippen LogP contribution is 2.25. The molecule has 1 aliphatic heterocycles. The first-order valence-corrected chi connectivity index (χ1v) is 9.82. The van der Waals surface area contributed by atoms with Crippen molar-refractivity contribution in [2.24, 2.45) is 0 Å². The molecule has 1 saturated carbocycles. The molecule has 4 rings (SSSR count). The van der Waals surface area contributed by atoms with Gasteiger partial charge in [-0.3, -0.25) is 4.79 Å². The number of benzene rings is 2. The first kappa shape index (κ1) is 18.3. The van der Waals surface area contributed by atoms with Crippen LogP contribution in [-0.2, 0) is 17.8 Å². The lowest BCUT2D eigenvalue weighted by Gasteiger charge is -2.20. The van der Waals surface area contributed by atoms with Gasteiger partial charge in [0.15, 0.2) is 0 Å². The Labute approximate surface area is 164 Å². The van der Waals surface area contributed by atoms with Crippen LogP contribution in [-0.4, -0.2) is 36.0 Å². The van der Waals surface area contributed by atoms with Crippen LogP contribution < -0.4 is 15.4 Å². The molecule has 28 heavy (non-hydrogen) atoms. The Hall–Kier alpha value is -3.02. The van der Waals surface area contributed by atoms with Crippen LogP contribution in [0, 0.1) is 0 Å². The Morgan fingerprint density at radius 1 is 1.11 bits per heavy atom. The van der Waals surface area contributed by atoms with Crippen LogP contribution in [0.15, 0.2) is 48.5 Å². The number of hydrogen-bond donors (Lipinski definition) is 2. The van der Waals surface area contributed by atoms with E-state index in [9.17, 15) is 9.59 Å². The summed E-state index contributed by atoms with van der Waals surface area (Å²) in [5, 5.41) is 5.94. The zero-order valence-electron chi connectivity index (χ0n) is 15.8. The fourth-order valence-corrected chi connectivity index (χ4v) is 3.29. The summed E-state index contributed by atoms with van der Waals surface area (Å²) < 4.78 is 5.82. The summed E-state index contributed by atoms with van der Waals surface area (Å²) in [5.41, 5.74) is 2.83. The summed E-state index contributed by atoms with van der Waals surface area (Å²) in [7, 11) is 0. The maximum absolute atomic E-state index is 12.6. The summed E-state index contributed by atoms with van der Waals surface area (Å²) in [6, 6.07) is 15.7. The molecule has 2 aromatic rings. The number of carbonyl (C=O) groups excluding carboxylic acids is 2. The van der Waals surface area contributed by atoms with E-state index >= 15 is 0 Å². The molecule has 1 heterocycles. The number of anilines is 1. The molecule has 0 atom stereocenters. The summed E-state index contributed by atoms with van der Waals surface area (Å²) in [4.78, 5) is 26.3. The number of hydrogen-bond acceptors (Lipinski definition) is 3. The van der Waals surface area contributed by atoms with E-state index in [1.165, 1.54) is 0 Å². The van der Waals surface area contributed by atoms with E-state index in [0.29, 0.717) is 38.6 Å². The van der Waals surface area contributed by atoms with Crippen molar-refractivity contribution in [2.45, 2.75) is 38.3 Å². The molecule has 6 heteroatoms. The maximum Gasteiger partial charge on any atom is 0.322 e. The van der Waals surface area contributed by atoms with Gasteiger partial charge in [0.1, 0.15) is 12.4 Å². The molecule has 0 spiro atoms. The van der Waals surface area contributed by atoms with Crippen molar-refractivity contribution >= 4 is 17.6 Å². The van der Waals surface area contributed by atoms with Crippen LogP contribution in [0.1, 0.15) is 30.4 Å². The second kappa shape index (κ2) is 8.33. The molecule has 1 aliphatic carbocycles. The van der Waals surface area contributed by atoms with Crippen molar-refractivity contribution in [1.82, 2.24) is 10.2 Å². The van der Waals surface area contributed by atoms with E-state index < -0.39 is 0 Å². The van der Waals surface area contributed by atoms with Gasteiger partial charge >= 0.3 is 6.03 Å². The molecular weight excluding hydrogens is 354 g/mol. The number of ether oxygens (including phenoxy) is 1. The molecule has 3 amide bonds. The number of urea groups is 1. The number of rotatable bonds is 5. The second-order valence-corrected chi connectivity index (χ2v) is 7.35. The molecule has 0 aromatic heterocycles. The van der Waals surface area contributed by atoms with E-state index in [2.05, 4.69) is 10.6 Å². The van der Waals surface area contributed by atoms with Crippen LogP contribution in [0.4, 0.5) is 10.5 Å². The van der Waals surface area contributed by atoms with E-state index in [4.69, 9.17) is 4.74 Å². The number of amides is 3. The predicted molar refractivity (Wildman–Crippen MR) is 107 cm³/mol. The van der Waals surface area contributed by atoms with Crippen molar-refractivity contribution in [3.63, 3.8) is 0 Å². The van der Waals surface area contributed by atoms with Crippen molar-refractivity contribution < 1.29 is 14.3 Å². The van der Waals surface area contributed by atoms with E-state index in [1.807, 2.05) is 48.5 Å². The number of nitrogens with one attached hydrogen (secondary N) is 2. The first-order chi connectivity index (χ1) is 13.7. The highest BCUT2D eigenvalue weighted by molar-refractivity contribution is 5.89. The average molecular weight is 379 g/mol. The van der Waals surface area contributed by atoms with Gasteiger partial charge in [-0.25, -0.2) is 4.79 Å². The van der Waals surface area contributed by atoms with Gasteiger partial charge in [-0.2, -0.15) is 0 Å². The molecule has 2 aliphatic rings. The molecule has 0 radical (unpaired) electrons. The Morgan fingerprint density at radius 2 is 1.93 bits per heavy atom. The lowest BCUT2D eigenvalue weighted by molar-refractivity contribution is -0.121.